The van der Waals surface area contributed by atoms with Crippen molar-refractivity contribution in [1.82, 2.24) is 29.7 Å². The summed E-state index contributed by atoms with van der Waals surface area (Å²) in [6.45, 7) is 0.916. The van der Waals surface area contributed by atoms with Crippen LogP contribution in [0.4, 0.5) is 11.9 Å². The van der Waals surface area contributed by atoms with Crippen LogP contribution in [-0.4, -0.2) is 48.0 Å². The first-order chi connectivity index (χ1) is 9.71. The molecule has 1 saturated carbocycles. The molecule has 20 heavy (non-hydrogen) atoms. The molecule has 0 aromatic carbocycles. The Kier molecular flexibility index (Phi) is 3.18. The summed E-state index contributed by atoms with van der Waals surface area (Å²) in [5, 5.41) is 16.2. The van der Waals surface area contributed by atoms with Crippen LogP contribution in [0.1, 0.15) is 19.3 Å². The monoisotopic (exact) mass is 276 g/mol. The second-order valence-electron chi connectivity index (χ2n) is 4.98. The maximum atomic E-state index is 9.04. The second kappa shape index (κ2) is 5.00. The highest BCUT2D eigenvalue weighted by Gasteiger charge is 2.41. The van der Waals surface area contributed by atoms with Gasteiger partial charge in [0.05, 0.1) is 0 Å². The van der Waals surface area contributed by atoms with Gasteiger partial charge in [0.2, 0.25) is 11.9 Å². The average Bonchev–Trinajstić information content (AvgIpc) is 2.99. The highest BCUT2D eigenvalue weighted by Crippen LogP contribution is 2.48. The molecule has 2 aromatic rings. The lowest BCUT2D eigenvalue weighted by Crippen LogP contribution is -2.19. The summed E-state index contributed by atoms with van der Waals surface area (Å²) < 4.78 is 1.42. The van der Waals surface area contributed by atoms with E-state index >= 15 is 0 Å². The van der Waals surface area contributed by atoms with E-state index in [-0.39, 0.29) is 18.0 Å². The van der Waals surface area contributed by atoms with E-state index < -0.39 is 0 Å². The molecular weight excluding hydrogens is 260 g/mol. The highest BCUT2D eigenvalue weighted by molar-refractivity contribution is 5.35. The van der Waals surface area contributed by atoms with E-state index in [1.165, 1.54) is 17.3 Å². The van der Waals surface area contributed by atoms with Crippen molar-refractivity contribution >= 4 is 11.9 Å². The summed E-state index contributed by atoms with van der Waals surface area (Å²) in [7, 11) is 0. The van der Waals surface area contributed by atoms with E-state index in [1.54, 1.807) is 0 Å². The van der Waals surface area contributed by atoms with Gasteiger partial charge in [-0.1, -0.05) is 0 Å². The zero-order chi connectivity index (χ0) is 14.0. The molecule has 0 amide bonds. The maximum absolute atomic E-state index is 9.04. The van der Waals surface area contributed by atoms with E-state index in [0.717, 1.165) is 19.3 Å². The molecule has 106 valence electrons. The fraction of sp³-hybridized carbons (Fsp3) is 0.545. The molecule has 0 spiro atoms. The van der Waals surface area contributed by atoms with Crippen LogP contribution >= 0.6 is 0 Å². The Hall–Kier alpha value is -2.29. The maximum Gasteiger partial charge on any atom is 0.258 e. The predicted molar refractivity (Wildman–Crippen MR) is 71.0 cm³/mol. The number of hydrogen-bond donors (Lipinski definition) is 3. The molecule has 0 atom stereocenters. The van der Waals surface area contributed by atoms with Gasteiger partial charge in [-0.05, 0) is 24.7 Å². The fourth-order valence-corrected chi connectivity index (χ4v) is 2.07. The zero-order valence-electron chi connectivity index (χ0n) is 10.9. The first-order valence-electron chi connectivity index (χ1n) is 6.42. The van der Waals surface area contributed by atoms with E-state index in [4.69, 9.17) is 10.8 Å². The number of hydrogen-bond acceptors (Lipinski definition) is 8. The number of anilines is 2. The minimum atomic E-state index is 0.125. The lowest BCUT2D eigenvalue weighted by molar-refractivity contribution is 0.253. The Bertz CT molecular complexity index is 580. The Morgan fingerprint density at radius 3 is 2.85 bits per heavy atom. The first kappa shape index (κ1) is 12.7. The quantitative estimate of drug-likeness (QED) is 0.650. The molecule has 1 aliphatic rings. The number of aliphatic hydroxyl groups excluding tert-OH is 1. The van der Waals surface area contributed by atoms with Gasteiger partial charge >= 0.3 is 0 Å². The summed E-state index contributed by atoms with van der Waals surface area (Å²) in [5.74, 6) is 0.858. The van der Waals surface area contributed by atoms with Crippen molar-refractivity contribution in [1.29, 1.82) is 0 Å². The summed E-state index contributed by atoms with van der Waals surface area (Å²) >= 11 is 0. The van der Waals surface area contributed by atoms with Gasteiger partial charge in [-0.2, -0.15) is 24.7 Å². The molecule has 9 heteroatoms. The van der Waals surface area contributed by atoms with Gasteiger partial charge in [0.15, 0.2) is 0 Å². The fourth-order valence-electron chi connectivity index (χ4n) is 2.07. The van der Waals surface area contributed by atoms with Gasteiger partial charge in [-0.3, -0.25) is 0 Å². The standard InChI is InChI=1S/C11H16N8O/c12-8-16-9(14-5-11(1-2-11)3-4-20)18-10(17-8)19-7-13-6-15-19/h6-7,20H,1-5H2,(H3,12,14,16,17,18). The Balaban J connectivity index is 1.74. The Labute approximate surface area is 115 Å². The smallest absolute Gasteiger partial charge is 0.258 e. The third-order valence-corrected chi connectivity index (χ3v) is 3.49. The molecule has 1 fully saturated rings. The van der Waals surface area contributed by atoms with E-state index in [2.05, 4.69) is 30.4 Å². The Morgan fingerprint density at radius 2 is 2.20 bits per heavy atom. The summed E-state index contributed by atoms with van der Waals surface area (Å²) in [6, 6.07) is 0. The normalized spacial score (nSPS) is 16.1. The third-order valence-electron chi connectivity index (χ3n) is 3.49. The molecule has 0 radical (unpaired) electrons. The molecule has 1 aliphatic carbocycles. The number of nitrogens with zero attached hydrogens (tertiary/aromatic N) is 6. The molecule has 0 aliphatic heterocycles. The van der Waals surface area contributed by atoms with Crippen LogP contribution < -0.4 is 11.1 Å². The van der Waals surface area contributed by atoms with Crippen LogP contribution in [0.2, 0.25) is 0 Å². The van der Waals surface area contributed by atoms with Gasteiger partial charge in [0, 0.05) is 13.2 Å². The lowest BCUT2D eigenvalue weighted by atomic mass is 10.0. The van der Waals surface area contributed by atoms with Crippen molar-refractivity contribution in [2.75, 3.05) is 24.2 Å². The summed E-state index contributed by atoms with van der Waals surface area (Å²) in [4.78, 5) is 16.2. The van der Waals surface area contributed by atoms with Crippen LogP contribution in [-0.2, 0) is 0 Å². The lowest BCUT2D eigenvalue weighted by Gasteiger charge is -2.14. The van der Waals surface area contributed by atoms with Gasteiger partial charge in [-0.25, -0.2) is 4.98 Å². The molecule has 9 nitrogen and oxygen atoms in total. The minimum Gasteiger partial charge on any atom is -0.396 e. The van der Waals surface area contributed by atoms with Gasteiger partial charge in [-0.15, -0.1) is 0 Å². The predicted octanol–water partition coefficient (Wildman–Crippen LogP) is -0.391. The number of nitrogen functional groups attached to an aromatic ring is 1. The van der Waals surface area contributed by atoms with E-state index in [1.807, 2.05) is 0 Å². The van der Waals surface area contributed by atoms with Crippen LogP contribution in [0, 0.1) is 5.41 Å². The van der Waals surface area contributed by atoms with E-state index in [0.29, 0.717) is 18.4 Å². The van der Waals surface area contributed by atoms with Crippen molar-refractivity contribution in [3.8, 4) is 5.95 Å². The number of nitrogens with one attached hydrogen (secondary N) is 1. The van der Waals surface area contributed by atoms with Crippen molar-refractivity contribution < 1.29 is 5.11 Å². The summed E-state index contributed by atoms with van der Waals surface area (Å²) in [5.41, 5.74) is 5.85. The SMILES string of the molecule is Nc1nc(NCC2(CCO)CC2)nc(-n2cncn2)n1. The Morgan fingerprint density at radius 1 is 1.35 bits per heavy atom. The van der Waals surface area contributed by atoms with E-state index in [9.17, 15) is 0 Å². The highest BCUT2D eigenvalue weighted by atomic mass is 16.3. The molecule has 0 bridgehead atoms. The van der Waals surface area contributed by atoms with Crippen LogP contribution in [0.3, 0.4) is 0 Å². The topological polar surface area (TPSA) is 128 Å². The third kappa shape index (κ3) is 2.67. The molecule has 0 saturated heterocycles. The number of rotatable bonds is 6. The largest absolute Gasteiger partial charge is 0.396 e. The zero-order valence-corrected chi connectivity index (χ0v) is 10.9. The molecule has 2 heterocycles. The molecule has 3 rings (SSSR count). The summed E-state index contributed by atoms with van der Waals surface area (Å²) in [6.07, 6.45) is 5.89. The van der Waals surface area contributed by atoms with Crippen LogP contribution in [0.15, 0.2) is 12.7 Å². The average molecular weight is 276 g/mol. The van der Waals surface area contributed by atoms with Gasteiger partial charge in [0.1, 0.15) is 12.7 Å². The minimum absolute atomic E-state index is 0.125. The van der Waals surface area contributed by atoms with Crippen molar-refractivity contribution in [3.05, 3.63) is 12.7 Å². The van der Waals surface area contributed by atoms with Crippen molar-refractivity contribution in [3.63, 3.8) is 0 Å². The van der Waals surface area contributed by atoms with Crippen LogP contribution in [0.25, 0.3) is 5.95 Å². The molecule has 0 unspecified atom stereocenters. The number of aromatic nitrogens is 6. The van der Waals surface area contributed by atoms with Crippen molar-refractivity contribution in [2.45, 2.75) is 19.3 Å². The van der Waals surface area contributed by atoms with Gasteiger partial charge in [0.25, 0.3) is 5.95 Å². The molecular formula is C11H16N8O. The molecule has 2 aromatic heterocycles. The first-order valence-corrected chi connectivity index (χ1v) is 6.42. The van der Waals surface area contributed by atoms with Gasteiger partial charge < -0.3 is 16.2 Å². The van der Waals surface area contributed by atoms with Crippen LogP contribution in [0.5, 0.6) is 0 Å². The number of nitrogens with two attached hydrogens (primary N) is 1. The molecule has 4 N–H and O–H groups in total. The number of aliphatic hydroxyl groups is 1. The second-order valence-corrected chi connectivity index (χ2v) is 4.98. The van der Waals surface area contributed by atoms with Crippen molar-refractivity contribution in [2.24, 2.45) is 5.41 Å².